The van der Waals surface area contributed by atoms with Crippen LogP contribution in [0, 0.1) is 0 Å². The van der Waals surface area contributed by atoms with Crippen molar-refractivity contribution in [3.8, 4) is 5.75 Å². The van der Waals surface area contributed by atoms with Gasteiger partial charge in [-0.1, -0.05) is 54.1 Å². The quantitative estimate of drug-likeness (QED) is 0.363. The monoisotopic (exact) mass is 532 g/mol. The first-order chi connectivity index (χ1) is 17.6. The van der Waals surface area contributed by atoms with Gasteiger partial charge in [-0.3, -0.25) is 10.1 Å². The van der Waals surface area contributed by atoms with Crippen molar-refractivity contribution in [2.24, 2.45) is 0 Å². The molecule has 3 aromatic carbocycles. The Morgan fingerprint density at radius 2 is 1.65 bits per heavy atom. The summed E-state index contributed by atoms with van der Waals surface area (Å²) in [5, 5.41) is 3.84. The summed E-state index contributed by atoms with van der Waals surface area (Å²) >= 11 is 6.06. The second kappa shape index (κ2) is 11.2. The van der Waals surface area contributed by atoms with E-state index in [0.29, 0.717) is 18.0 Å². The normalized spacial score (nSPS) is 17.5. The lowest BCUT2D eigenvalue weighted by Crippen LogP contribution is -2.47. The Morgan fingerprint density at radius 3 is 2.30 bits per heavy atom. The fourth-order valence-electron chi connectivity index (χ4n) is 4.22. The van der Waals surface area contributed by atoms with E-state index in [-0.39, 0.29) is 31.0 Å². The van der Waals surface area contributed by atoms with Crippen LogP contribution in [0.25, 0.3) is 0 Å². The molecule has 1 aliphatic heterocycles. The maximum atomic E-state index is 12.8. The van der Waals surface area contributed by atoms with Crippen LogP contribution in [0.4, 0.5) is 18.0 Å². The number of hydrogen-bond acceptors (Lipinski definition) is 5. The number of halogens is 4. The molecule has 10 heteroatoms. The number of ether oxygens (including phenoxy) is 2. The number of carbonyl (C=O) groups excluding carboxylic acids is 2. The number of Topliss-reactive ketones (excluding diaryl/α,β-unsaturated/α-hetero) is 1. The van der Waals surface area contributed by atoms with Gasteiger partial charge in [0.15, 0.2) is 5.78 Å². The van der Waals surface area contributed by atoms with Gasteiger partial charge in [-0.25, -0.2) is 4.79 Å². The third-order valence-electron chi connectivity index (χ3n) is 6.13. The van der Waals surface area contributed by atoms with E-state index in [1.54, 1.807) is 17.0 Å². The van der Waals surface area contributed by atoms with Crippen molar-refractivity contribution in [2.45, 2.75) is 24.9 Å². The molecule has 1 saturated heterocycles. The molecule has 1 amide bonds. The molecule has 1 atom stereocenters. The molecule has 0 spiro atoms. The van der Waals surface area contributed by atoms with Crippen molar-refractivity contribution in [3.63, 3.8) is 0 Å². The van der Waals surface area contributed by atoms with Crippen molar-refractivity contribution < 1.29 is 32.2 Å². The first kappa shape index (κ1) is 26.5. The van der Waals surface area contributed by atoms with Gasteiger partial charge in [0.1, 0.15) is 12.4 Å². The Balaban J connectivity index is 1.44. The number of likely N-dealkylation sites (tertiary alicyclic amines) is 1. The number of carbonyl (C=O) groups is 2. The van der Waals surface area contributed by atoms with Gasteiger partial charge in [-0.15, -0.1) is 13.2 Å². The van der Waals surface area contributed by atoms with Crippen LogP contribution in [0.5, 0.6) is 5.75 Å². The number of nitrogens with zero attached hydrogens (tertiary/aromatic N) is 1. The van der Waals surface area contributed by atoms with Gasteiger partial charge in [-0.2, -0.15) is 0 Å². The van der Waals surface area contributed by atoms with Crippen molar-refractivity contribution in [1.29, 1.82) is 0 Å². The predicted molar refractivity (Wildman–Crippen MR) is 131 cm³/mol. The van der Waals surface area contributed by atoms with Crippen LogP contribution >= 0.6 is 11.6 Å². The van der Waals surface area contributed by atoms with E-state index in [2.05, 4.69) is 10.1 Å². The zero-order valence-corrected chi connectivity index (χ0v) is 20.4. The Kier molecular flexibility index (Phi) is 8.04. The molecule has 37 heavy (non-hydrogen) atoms. The zero-order valence-electron chi connectivity index (χ0n) is 19.6. The third-order valence-corrected chi connectivity index (χ3v) is 6.38. The number of amides is 1. The smallest absolute Gasteiger partial charge is 0.445 e. The maximum absolute atomic E-state index is 12.8. The molecular formula is C27H24ClF3N2O4. The molecule has 6 nitrogen and oxygen atoms in total. The minimum Gasteiger partial charge on any atom is -0.445 e. The summed E-state index contributed by atoms with van der Waals surface area (Å²) in [6, 6.07) is 21.2. The summed E-state index contributed by atoms with van der Waals surface area (Å²) in [7, 11) is 0. The van der Waals surface area contributed by atoms with Crippen LogP contribution in [0.1, 0.15) is 27.9 Å². The number of ketones is 1. The van der Waals surface area contributed by atoms with Crippen molar-refractivity contribution >= 4 is 23.5 Å². The highest BCUT2D eigenvalue weighted by Crippen LogP contribution is 2.33. The second-order valence-electron chi connectivity index (χ2n) is 8.65. The summed E-state index contributed by atoms with van der Waals surface area (Å²) in [6.45, 7) is 0.702. The molecule has 1 N–H and O–H groups in total. The molecule has 3 aromatic rings. The van der Waals surface area contributed by atoms with Gasteiger partial charge in [0.25, 0.3) is 0 Å². The minimum atomic E-state index is -4.81. The average molecular weight is 533 g/mol. The standard InChI is InChI=1S/C27H24ClF3N2O4/c28-22-10-8-21(9-11-22)26(14-15-33(18-26)25(35)36-17-19-4-2-1-3-5-19)32-16-24(34)20-6-12-23(13-7-20)37-27(29,30)31/h1-13,32H,14-18H2. The van der Waals surface area contributed by atoms with E-state index in [9.17, 15) is 22.8 Å². The van der Waals surface area contributed by atoms with Crippen molar-refractivity contribution in [2.75, 3.05) is 19.6 Å². The molecule has 0 aromatic heterocycles. The Morgan fingerprint density at radius 1 is 0.973 bits per heavy atom. The van der Waals surface area contributed by atoms with E-state index in [4.69, 9.17) is 16.3 Å². The highest BCUT2D eigenvalue weighted by atomic mass is 35.5. The average Bonchev–Trinajstić information content (AvgIpc) is 3.32. The summed E-state index contributed by atoms with van der Waals surface area (Å²) in [5.74, 6) is -0.730. The van der Waals surface area contributed by atoms with Crippen LogP contribution in [-0.2, 0) is 16.9 Å². The molecular weight excluding hydrogens is 509 g/mol. The predicted octanol–water partition coefficient (Wildman–Crippen LogP) is 5.95. The van der Waals surface area contributed by atoms with Gasteiger partial charge in [0, 0.05) is 23.7 Å². The highest BCUT2D eigenvalue weighted by Gasteiger charge is 2.42. The molecule has 1 heterocycles. The summed E-state index contributed by atoms with van der Waals surface area (Å²) < 4.78 is 46.5. The second-order valence-corrected chi connectivity index (χ2v) is 9.09. The Hall–Kier alpha value is -3.56. The summed E-state index contributed by atoms with van der Waals surface area (Å²) in [5.41, 5.74) is 1.20. The Labute approximate surface area is 216 Å². The van der Waals surface area contributed by atoms with Crippen LogP contribution in [0.3, 0.4) is 0 Å². The Bertz CT molecular complexity index is 1220. The number of benzene rings is 3. The number of alkyl halides is 3. The van der Waals surface area contributed by atoms with E-state index >= 15 is 0 Å². The molecule has 194 valence electrons. The van der Waals surface area contributed by atoms with Gasteiger partial charge in [-0.05, 0) is 53.9 Å². The van der Waals surface area contributed by atoms with E-state index in [0.717, 1.165) is 23.3 Å². The summed E-state index contributed by atoms with van der Waals surface area (Å²) in [4.78, 5) is 27.2. The lowest BCUT2D eigenvalue weighted by Gasteiger charge is -2.31. The lowest BCUT2D eigenvalue weighted by atomic mass is 9.88. The molecule has 1 unspecified atom stereocenters. The number of hydrogen-bond donors (Lipinski definition) is 1. The molecule has 4 rings (SSSR count). The van der Waals surface area contributed by atoms with E-state index < -0.39 is 23.7 Å². The first-order valence-corrected chi connectivity index (χ1v) is 11.9. The zero-order chi connectivity index (χ0) is 26.5. The van der Waals surface area contributed by atoms with Gasteiger partial charge >= 0.3 is 12.5 Å². The van der Waals surface area contributed by atoms with Crippen LogP contribution in [-0.4, -0.2) is 42.8 Å². The largest absolute Gasteiger partial charge is 0.573 e. The SMILES string of the molecule is O=C(CNC1(c2ccc(Cl)cc2)CCN(C(=O)OCc2ccccc2)C1)c1ccc(OC(F)(F)F)cc1. The number of rotatable bonds is 8. The van der Waals surface area contributed by atoms with Crippen molar-refractivity contribution in [1.82, 2.24) is 10.2 Å². The fraction of sp³-hybridized carbons (Fsp3) is 0.259. The molecule has 1 aliphatic rings. The molecule has 1 fully saturated rings. The topological polar surface area (TPSA) is 67.9 Å². The summed E-state index contributed by atoms with van der Waals surface area (Å²) in [6.07, 6.45) is -4.76. The van der Waals surface area contributed by atoms with Crippen LogP contribution < -0.4 is 10.1 Å². The molecule has 0 radical (unpaired) electrons. The fourth-order valence-corrected chi connectivity index (χ4v) is 4.35. The van der Waals surface area contributed by atoms with E-state index in [1.165, 1.54) is 12.1 Å². The molecule has 0 aliphatic carbocycles. The molecule has 0 saturated carbocycles. The van der Waals surface area contributed by atoms with Gasteiger partial charge in [0.05, 0.1) is 12.1 Å². The highest BCUT2D eigenvalue weighted by molar-refractivity contribution is 6.30. The first-order valence-electron chi connectivity index (χ1n) is 11.5. The maximum Gasteiger partial charge on any atom is 0.573 e. The van der Waals surface area contributed by atoms with Crippen LogP contribution in [0.15, 0.2) is 78.9 Å². The third kappa shape index (κ3) is 7.02. The van der Waals surface area contributed by atoms with Gasteiger partial charge in [0.2, 0.25) is 0 Å². The lowest BCUT2D eigenvalue weighted by molar-refractivity contribution is -0.274. The molecule has 0 bridgehead atoms. The number of nitrogens with one attached hydrogen (secondary N) is 1. The van der Waals surface area contributed by atoms with Crippen LogP contribution in [0.2, 0.25) is 5.02 Å². The van der Waals surface area contributed by atoms with Gasteiger partial charge < -0.3 is 14.4 Å². The van der Waals surface area contributed by atoms with Crippen molar-refractivity contribution in [3.05, 3.63) is 101 Å². The minimum absolute atomic E-state index is 0.102. The van der Waals surface area contributed by atoms with E-state index in [1.807, 2.05) is 42.5 Å².